The lowest BCUT2D eigenvalue weighted by atomic mass is 10.2. The summed E-state index contributed by atoms with van der Waals surface area (Å²) in [4.78, 5) is 5.63. The Morgan fingerprint density at radius 1 is 1.32 bits per heavy atom. The van der Waals surface area contributed by atoms with E-state index in [-0.39, 0.29) is 13.2 Å². The fraction of sp³-hybridized carbons (Fsp3) is 0.273. The van der Waals surface area contributed by atoms with E-state index in [9.17, 15) is 13.0 Å². The summed E-state index contributed by atoms with van der Waals surface area (Å²) >= 11 is 1.14. The standard InChI is InChI=1S/C11H13N5O4S2/c1-16(6-7-20-22(17,18)19)10-4-2-9(3-5-10)14-15-11-12-8-13-21-11/h2-5,8H,6-7H2,1H3,(H,17,18,19)/p-1. The number of rotatable bonds is 7. The van der Waals surface area contributed by atoms with Gasteiger partial charge in [0, 0.05) is 30.8 Å². The van der Waals surface area contributed by atoms with Crippen LogP contribution in [-0.4, -0.2) is 42.5 Å². The summed E-state index contributed by atoms with van der Waals surface area (Å²) in [6.45, 7) is 0.0496. The predicted octanol–water partition coefficient (Wildman–Crippen LogP) is 1.87. The van der Waals surface area contributed by atoms with E-state index in [1.54, 1.807) is 36.2 Å². The number of azo groups is 1. The van der Waals surface area contributed by atoms with Crippen molar-refractivity contribution < 1.29 is 17.2 Å². The van der Waals surface area contributed by atoms with Crippen LogP contribution in [-0.2, 0) is 14.6 Å². The zero-order valence-electron chi connectivity index (χ0n) is 11.5. The van der Waals surface area contributed by atoms with Gasteiger partial charge in [-0.1, -0.05) is 0 Å². The van der Waals surface area contributed by atoms with Crippen molar-refractivity contribution in [1.82, 2.24) is 9.36 Å². The average molecular weight is 342 g/mol. The summed E-state index contributed by atoms with van der Waals surface area (Å²) < 4.78 is 39.0. The summed E-state index contributed by atoms with van der Waals surface area (Å²) in [5.41, 5.74) is 1.47. The van der Waals surface area contributed by atoms with E-state index in [1.807, 2.05) is 0 Å². The van der Waals surface area contributed by atoms with Crippen molar-refractivity contribution in [2.24, 2.45) is 10.2 Å². The molecule has 1 aromatic heterocycles. The Hall–Kier alpha value is -1.95. The van der Waals surface area contributed by atoms with Gasteiger partial charge in [0.1, 0.15) is 6.33 Å². The molecule has 0 saturated carbocycles. The van der Waals surface area contributed by atoms with Gasteiger partial charge < -0.3 is 9.45 Å². The maximum Gasteiger partial charge on any atom is 0.249 e. The monoisotopic (exact) mass is 342 g/mol. The molecule has 0 unspecified atom stereocenters. The predicted molar refractivity (Wildman–Crippen MR) is 79.4 cm³/mol. The molecule has 2 aromatic rings. The van der Waals surface area contributed by atoms with E-state index < -0.39 is 10.4 Å². The fourth-order valence-electron chi connectivity index (χ4n) is 1.49. The van der Waals surface area contributed by atoms with Gasteiger partial charge >= 0.3 is 0 Å². The Labute approximate surface area is 131 Å². The van der Waals surface area contributed by atoms with Crippen LogP contribution in [0.3, 0.4) is 0 Å². The van der Waals surface area contributed by atoms with E-state index in [4.69, 9.17) is 0 Å². The molecule has 0 fully saturated rings. The van der Waals surface area contributed by atoms with Crippen LogP contribution >= 0.6 is 11.5 Å². The molecule has 0 bridgehead atoms. The molecule has 0 aliphatic heterocycles. The first-order valence-corrected chi connectivity index (χ1v) is 8.14. The van der Waals surface area contributed by atoms with Crippen molar-refractivity contribution in [2.45, 2.75) is 0 Å². The van der Waals surface area contributed by atoms with Crippen molar-refractivity contribution >= 4 is 38.4 Å². The number of hydrogen-bond acceptors (Lipinski definition) is 10. The van der Waals surface area contributed by atoms with Crippen molar-refractivity contribution in [1.29, 1.82) is 0 Å². The quantitative estimate of drug-likeness (QED) is 0.428. The molecule has 0 N–H and O–H groups in total. The van der Waals surface area contributed by atoms with Gasteiger partial charge in [0.25, 0.3) is 0 Å². The summed E-state index contributed by atoms with van der Waals surface area (Å²) in [6.07, 6.45) is 1.40. The first kappa shape index (κ1) is 16.4. The normalized spacial score (nSPS) is 11.9. The molecule has 0 aliphatic rings. The molecule has 9 nitrogen and oxygen atoms in total. The minimum Gasteiger partial charge on any atom is -0.726 e. The van der Waals surface area contributed by atoms with Crippen LogP contribution in [0.4, 0.5) is 16.5 Å². The second-order valence-corrected chi connectivity index (χ2v) is 5.90. The van der Waals surface area contributed by atoms with Crippen LogP contribution in [0.1, 0.15) is 0 Å². The van der Waals surface area contributed by atoms with E-state index in [2.05, 4.69) is 23.8 Å². The van der Waals surface area contributed by atoms with Gasteiger partial charge in [0.05, 0.1) is 12.3 Å². The molecule has 0 spiro atoms. The Bertz CT molecular complexity index is 715. The Balaban J connectivity index is 1.90. The number of anilines is 1. The highest BCUT2D eigenvalue weighted by molar-refractivity contribution is 7.80. The first-order chi connectivity index (χ1) is 10.4. The Kier molecular flexibility index (Phi) is 5.49. The third-order valence-corrected chi connectivity index (χ3v) is 3.55. The molecular formula is C11H12N5O4S2-. The van der Waals surface area contributed by atoms with Crippen molar-refractivity contribution in [3.05, 3.63) is 30.6 Å². The molecule has 0 aliphatic carbocycles. The molecule has 2 rings (SSSR count). The lowest BCUT2D eigenvalue weighted by molar-refractivity contribution is 0.267. The van der Waals surface area contributed by atoms with Crippen LogP contribution < -0.4 is 4.90 Å². The highest BCUT2D eigenvalue weighted by Crippen LogP contribution is 2.21. The van der Waals surface area contributed by atoms with Crippen LogP contribution in [0.5, 0.6) is 0 Å². The van der Waals surface area contributed by atoms with E-state index in [0.717, 1.165) is 17.2 Å². The maximum absolute atomic E-state index is 10.3. The summed E-state index contributed by atoms with van der Waals surface area (Å²) in [7, 11) is -2.90. The van der Waals surface area contributed by atoms with E-state index in [1.165, 1.54) is 6.33 Å². The number of nitrogens with zero attached hydrogens (tertiary/aromatic N) is 5. The number of likely N-dealkylation sites (N-methyl/N-ethyl adjacent to an activating group) is 1. The highest BCUT2D eigenvalue weighted by Gasteiger charge is 2.03. The highest BCUT2D eigenvalue weighted by atomic mass is 32.3. The first-order valence-electron chi connectivity index (χ1n) is 6.04. The van der Waals surface area contributed by atoms with Crippen LogP contribution in [0.2, 0.25) is 0 Å². The lowest BCUT2D eigenvalue weighted by Crippen LogP contribution is -2.23. The molecule has 0 atom stereocenters. The van der Waals surface area contributed by atoms with E-state index >= 15 is 0 Å². The topological polar surface area (TPSA) is 120 Å². The second kappa shape index (κ2) is 7.35. The largest absolute Gasteiger partial charge is 0.726 e. The van der Waals surface area contributed by atoms with Gasteiger partial charge in [-0.05, 0) is 24.3 Å². The molecule has 0 radical (unpaired) electrons. The molecule has 0 saturated heterocycles. The van der Waals surface area contributed by atoms with Gasteiger partial charge in [-0.15, -0.1) is 10.2 Å². The third kappa shape index (κ3) is 5.44. The van der Waals surface area contributed by atoms with Crippen molar-refractivity contribution in [2.75, 3.05) is 25.1 Å². The van der Waals surface area contributed by atoms with Gasteiger partial charge in [-0.3, -0.25) is 4.18 Å². The van der Waals surface area contributed by atoms with Crippen LogP contribution in [0, 0.1) is 0 Å². The minimum atomic E-state index is -4.65. The number of benzene rings is 1. The number of aromatic nitrogens is 2. The van der Waals surface area contributed by atoms with Crippen molar-refractivity contribution in [3.63, 3.8) is 0 Å². The lowest BCUT2D eigenvalue weighted by Gasteiger charge is -2.19. The van der Waals surface area contributed by atoms with Gasteiger partial charge in [-0.25, -0.2) is 13.4 Å². The maximum atomic E-state index is 10.3. The summed E-state index contributed by atoms with van der Waals surface area (Å²) in [6, 6.07) is 7.09. The zero-order valence-corrected chi connectivity index (χ0v) is 13.1. The fourth-order valence-corrected chi connectivity index (χ4v) is 2.13. The second-order valence-electron chi connectivity index (χ2n) is 4.09. The average Bonchev–Trinajstić information content (AvgIpc) is 2.97. The molecule has 0 amide bonds. The molecule has 22 heavy (non-hydrogen) atoms. The molecule has 1 aromatic carbocycles. The summed E-state index contributed by atoms with van der Waals surface area (Å²) in [5, 5.41) is 8.40. The number of hydrogen-bond donors (Lipinski definition) is 0. The molecule has 1 heterocycles. The molecular weight excluding hydrogens is 330 g/mol. The van der Waals surface area contributed by atoms with Crippen molar-refractivity contribution in [3.8, 4) is 0 Å². The minimum absolute atomic E-state index is 0.207. The third-order valence-electron chi connectivity index (χ3n) is 2.55. The SMILES string of the molecule is CN(CCOS(=O)(=O)[O-])c1ccc(N=Nc2ncns2)cc1. The van der Waals surface area contributed by atoms with Gasteiger partial charge in [0.15, 0.2) is 0 Å². The Morgan fingerprint density at radius 2 is 2.05 bits per heavy atom. The molecule has 11 heteroatoms. The summed E-state index contributed by atoms with van der Waals surface area (Å²) in [5.74, 6) is 0. The van der Waals surface area contributed by atoms with Crippen LogP contribution in [0.25, 0.3) is 0 Å². The Morgan fingerprint density at radius 3 is 2.64 bits per heavy atom. The zero-order chi connectivity index (χ0) is 16.0. The smallest absolute Gasteiger partial charge is 0.249 e. The van der Waals surface area contributed by atoms with Gasteiger partial charge in [0.2, 0.25) is 15.5 Å². The van der Waals surface area contributed by atoms with Crippen LogP contribution in [0.15, 0.2) is 40.8 Å². The molecule has 118 valence electrons. The van der Waals surface area contributed by atoms with E-state index in [0.29, 0.717) is 10.8 Å². The van der Waals surface area contributed by atoms with Gasteiger partial charge in [-0.2, -0.15) is 4.37 Å².